The van der Waals surface area contributed by atoms with Crippen LogP contribution in [-0.4, -0.2) is 51.3 Å². The quantitative estimate of drug-likeness (QED) is 0.713. The molecule has 0 radical (unpaired) electrons. The van der Waals surface area contributed by atoms with Gasteiger partial charge in [0.15, 0.2) is 0 Å². The van der Waals surface area contributed by atoms with Gasteiger partial charge >= 0.3 is 0 Å². The largest absolute Gasteiger partial charge is 0.383 e. The first-order chi connectivity index (χ1) is 9.08. The maximum absolute atomic E-state index is 12.4. The van der Waals surface area contributed by atoms with E-state index < -0.39 is 0 Å². The van der Waals surface area contributed by atoms with Gasteiger partial charge in [-0.2, -0.15) is 0 Å². The van der Waals surface area contributed by atoms with Gasteiger partial charge in [-0.25, -0.2) is 0 Å². The van der Waals surface area contributed by atoms with E-state index in [0.29, 0.717) is 31.9 Å². The minimum atomic E-state index is -0.0314. The molecular weight excluding hydrogens is 378 g/mol. The molecule has 0 saturated heterocycles. The second-order valence-corrected chi connectivity index (χ2v) is 5.77. The van der Waals surface area contributed by atoms with Crippen molar-refractivity contribution in [2.45, 2.75) is 0 Å². The van der Waals surface area contributed by atoms with Crippen LogP contribution >= 0.6 is 31.9 Å². The average Bonchev–Trinajstić information content (AvgIpc) is 2.37. The molecule has 0 unspecified atom stereocenters. The third-order valence-corrected chi connectivity index (χ3v) is 3.44. The second kappa shape index (κ2) is 8.68. The average molecular weight is 395 g/mol. The topological polar surface area (TPSA) is 38.8 Å². The molecular formula is C13H17Br2NO3. The molecule has 0 saturated carbocycles. The van der Waals surface area contributed by atoms with Gasteiger partial charge in [-0.05, 0) is 18.2 Å². The van der Waals surface area contributed by atoms with Crippen molar-refractivity contribution in [3.05, 3.63) is 32.7 Å². The van der Waals surface area contributed by atoms with E-state index in [9.17, 15) is 4.79 Å². The first kappa shape index (κ1) is 16.6. The highest BCUT2D eigenvalue weighted by Crippen LogP contribution is 2.21. The molecule has 0 bridgehead atoms. The molecule has 0 atom stereocenters. The summed E-state index contributed by atoms with van der Waals surface area (Å²) in [4.78, 5) is 14.2. The van der Waals surface area contributed by atoms with Crippen LogP contribution in [0.3, 0.4) is 0 Å². The van der Waals surface area contributed by atoms with Crippen molar-refractivity contribution in [2.75, 3.05) is 40.5 Å². The summed E-state index contributed by atoms with van der Waals surface area (Å²) in [6.45, 7) is 2.10. The van der Waals surface area contributed by atoms with Crippen LogP contribution in [0.15, 0.2) is 27.1 Å². The van der Waals surface area contributed by atoms with Crippen molar-refractivity contribution < 1.29 is 14.3 Å². The number of carbonyl (C=O) groups is 1. The highest BCUT2D eigenvalue weighted by molar-refractivity contribution is 9.11. The molecule has 6 heteroatoms. The highest BCUT2D eigenvalue weighted by Gasteiger charge is 2.16. The van der Waals surface area contributed by atoms with Crippen molar-refractivity contribution in [1.82, 2.24) is 4.90 Å². The van der Waals surface area contributed by atoms with Crippen LogP contribution in [0, 0.1) is 0 Å². The van der Waals surface area contributed by atoms with Gasteiger partial charge in [0.05, 0.1) is 13.2 Å². The fourth-order valence-electron chi connectivity index (χ4n) is 1.58. The van der Waals surface area contributed by atoms with Crippen LogP contribution < -0.4 is 0 Å². The number of amides is 1. The summed E-state index contributed by atoms with van der Waals surface area (Å²) in [6, 6.07) is 5.50. The molecule has 0 heterocycles. The molecule has 19 heavy (non-hydrogen) atoms. The maximum atomic E-state index is 12.4. The second-order valence-electron chi connectivity index (χ2n) is 3.94. The van der Waals surface area contributed by atoms with Crippen molar-refractivity contribution in [3.8, 4) is 0 Å². The Labute approximate surface area is 130 Å². The Morgan fingerprint density at radius 1 is 1.05 bits per heavy atom. The van der Waals surface area contributed by atoms with E-state index in [1.807, 2.05) is 6.07 Å². The molecule has 1 aromatic rings. The predicted octanol–water partition coefficient (Wildman–Crippen LogP) is 2.95. The molecule has 0 aromatic heterocycles. The molecule has 1 aromatic carbocycles. The number of nitrogens with zero attached hydrogens (tertiary/aromatic N) is 1. The molecule has 0 aliphatic heterocycles. The minimum Gasteiger partial charge on any atom is -0.383 e. The van der Waals surface area contributed by atoms with Crippen LogP contribution in [-0.2, 0) is 9.47 Å². The number of rotatable bonds is 7. The lowest BCUT2D eigenvalue weighted by Crippen LogP contribution is -2.36. The fourth-order valence-corrected chi connectivity index (χ4v) is 2.87. The lowest BCUT2D eigenvalue weighted by molar-refractivity contribution is 0.0627. The SMILES string of the molecule is COCCN(CCOC)C(=O)c1cc(Br)cc(Br)c1. The summed E-state index contributed by atoms with van der Waals surface area (Å²) >= 11 is 6.77. The van der Waals surface area contributed by atoms with Crippen molar-refractivity contribution >= 4 is 37.8 Å². The number of carbonyl (C=O) groups excluding carboxylic acids is 1. The number of hydrogen-bond donors (Lipinski definition) is 0. The smallest absolute Gasteiger partial charge is 0.254 e. The molecule has 1 rings (SSSR count). The van der Waals surface area contributed by atoms with E-state index in [2.05, 4.69) is 31.9 Å². The zero-order valence-corrected chi connectivity index (χ0v) is 14.2. The summed E-state index contributed by atoms with van der Waals surface area (Å²) in [5, 5.41) is 0. The van der Waals surface area contributed by atoms with Gasteiger partial charge in [-0.15, -0.1) is 0 Å². The van der Waals surface area contributed by atoms with Crippen molar-refractivity contribution in [2.24, 2.45) is 0 Å². The number of halogens is 2. The van der Waals surface area contributed by atoms with Gasteiger partial charge in [-0.3, -0.25) is 4.79 Å². The summed E-state index contributed by atoms with van der Waals surface area (Å²) in [5.74, 6) is -0.0314. The predicted molar refractivity (Wildman–Crippen MR) is 81.5 cm³/mol. The zero-order valence-electron chi connectivity index (χ0n) is 11.0. The van der Waals surface area contributed by atoms with E-state index in [0.717, 1.165) is 8.95 Å². The molecule has 0 aliphatic rings. The lowest BCUT2D eigenvalue weighted by Gasteiger charge is -2.22. The molecule has 1 amide bonds. The van der Waals surface area contributed by atoms with Crippen LogP contribution in [0.1, 0.15) is 10.4 Å². The van der Waals surface area contributed by atoms with E-state index in [4.69, 9.17) is 9.47 Å². The number of benzene rings is 1. The van der Waals surface area contributed by atoms with Gasteiger partial charge in [-0.1, -0.05) is 31.9 Å². The molecule has 0 aliphatic carbocycles. The van der Waals surface area contributed by atoms with Gasteiger partial charge in [0.2, 0.25) is 0 Å². The van der Waals surface area contributed by atoms with Crippen LogP contribution in [0.4, 0.5) is 0 Å². The zero-order chi connectivity index (χ0) is 14.3. The first-order valence-corrected chi connectivity index (χ1v) is 7.40. The van der Waals surface area contributed by atoms with Gasteiger partial charge < -0.3 is 14.4 Å². The van der Waals surface area contributed by atoms with Crippen LogP contribution in [0.25, 0.3) is 0 Å². The highest BCUT2D eigenvalue weighted by atomic mass is 79.9. The molecule has 0 N–H and O–H groups in total. The van der Waals surface area contributed by atoms with Gasteiger partial charge in [0, 0.05) is 41.8 Å². The Kier molecular flexibility index (Phi) is 7.60. The van der Waals surface area contributed by atoms with Gasteiger partial charge in [0.25, 0.3) is 5.91 Å². The molecule has 4 nitrogen and oxygen atoms in total. The summed E-state index contributed by atoms with van der Waals surface area (Å²) in [6.07, 6.45) is 0. The van der Waals surface area contributed by atoms with E-state index in [-0.39, 0.29) is 5.91 Å². The normalized spacial score (nSPS) is 10.5. The standard InChI is InChI=1S/C13H17Br2NO3/c1-18-5-3-16(4-6-19-2)13(17)10-7-11(14)9-12(15)8-10/h7-9H,3-6H2,1-2H3. The van der Waals surface area contributed by atoms with Crippen molar-refractivity contribution in [3.63, 3.8) is 0 Å². The number of methoxy groups -OCH3 is 2. The Bertz CT molecular complexity index is 398. The Hall–Kier alpha value is -0.430. The minimum absolute atomic E-state index is 0.0314. The van der Waals surface area contributed by atoms with Gasteiger partial charge in [0.1, 0.15) is 0 Å². The first-order valence-electron chi connectivity index (χ1n) is 5.81. The molecule has 0 spiro atoms. The Balaban J connectivity index is 2.84. The summed E-state index contributed by atoms with van der Waals surface area (Å²) < 4.78 is 11.8. The third kappa shape index (κ3) is 5.60. The van der Waals surface area contributed by atoms with Crippen LogP contribution in [0.5, 0.6) is 0 Å². The number of ether oxygens (including phenoxy) is 2. The van der Waals surface area contributed by atoms with E-state index >= 15 is 0 Å². The Morgan fingerprint density at radius 3 is 1.95 bits per heavy atom. The van der Waals surface area contributed by atoms with Crippen molar-refractivity contribution in [1.29, 1.82) is 0 Å². The fraction of sp³-hybridized carbons (Fsp3) is 0.462. The molecule has 106 valence electrons. The van der Waals surface area contributed by atoms with E-state index in [1.54, 1.807) is 31.3 Å². The number of hydrogen-bond acceptors (Lipinski definition) is 3. The summed E-state index contributed by atoms with van der Waals surface area (Å²) in [5.41, 5.74) is 0.633. The van der Waals surface area contributed by atoms with Crippen LogP contribution in [0.2, 0.25) is 0 Å². The third-order valence-electron chi connectivity index (χ3n) is 2.53. The molecule has 0 fully saturated rings. The Morgan fingerprint density at radius 2 is 1.53 bits per heavy atom. The van der Waals surface area contributed by atoms with E-state index in [1.165, 1.54) is 0 Å². The lowest BCUT2D eigenvalue weighted by atomic mass is 10.2. The monoisotopic (exact) mass is 393 g/mol. The maximum Gasteiger partial charge on any atom is 0.254 e. The summed E-state index contributed by atoms with van der Waals surface area (Å²) in [7, 11) is 3.24.